The minimum Gasteiger partial charge on any atom is -0.465 e. The fourth-order valence-electron chi connectivity index (χ4n) is 2.24. The molecule has 1 heterocycles. The Balaban J connectivity index is 1.91. The molecular formula is C18H23N3O3. The molecule has 0 unspecified atom stereocenters. The highest BCUT2D eigenvalue weighted by atomic mass is 16.3. The maximum atomic E-state index is 12.4. The zero-order chi connectivity index (χ0) is 17.7. The first-order valence-electron chi connectivity index (χ1n) is 7.79. The van der Waals surface area contributed by atoms with E-state index in [4.69, 9.17) is 4.42 Å². The molecule has 128 valence electrons. The molecule has 6 nitrogen and oxygen atoms in total. The molecule has 0 saturated heterocycles. The van der Waals surface area contributed by atoms with E-state index < -0.39 is 0 Å². The quantitative estimate of drug-likeness (QED) is 0.854. The van der Waals surface area contributed by atoms with Crippen LogP contribution in [0.5, 0.6) is 0 Å². The summed E-state index contributed by atoms with van der Waals surface area (Å²) >= 11 is 0. The molecule has 0 spiro atoms. The summed E-state index contributed by atoms with van der Waals surface area (Å²) in [4.78, 5) is 25.3. The fraction of sp³-hybridized carbons (Fsp3) is 0.333. The largest absolute Gasteiger partial charge is 0.465 e. The van der Waals surface area contributed by atoms with E-state index in [1.165, 1.54) is 6.92 Å². The van der Waals surface area contributed by atoms with Gasteiger partial charge in [0, 0.05) is 18.3 Å². The van der Waals surface area contributed by atoms with E-state index in [-0.39, 0.29) is 17.9 Å². The molecule has 0 radical (unpaired) electrons. The number of nitrogens with zero attached hydrogens (tertiary/aromatic N) is 1. The molecule has 2 rings (SSSR count). The number of hydrogen-bond acceptors (Lipinski definition) is 4. The highest BCUT2D eigenvalue weighted by molar-refractivity contribution is 5.95. The lowest BCUT2D eigenvalue weighted by Crippen LogP contribution is -2.39. The van der Waals surface area contributed by atoms with Crippen LogP contribution in [-0.2, 0) is 16.1 Å². The van der Waals surface area contributed by atoms with Gasteiger partial charge in [-0.3, -0.25) is 14.5 Å². The van der Waals surface area contributed by atoms with Gasteiger partial charge in [-0.25, -0.2) is 0 Å². The first kappa shape index (κ1) is 17.7. The van der Waals surface area contributed by atoms with E-state index in [2.05, 4.69) is 10.6 Å². The molecule has 24 heavy (non-hydrogen) atoms. The van der Waals surface area contributed by atoms with Crippen LogP contribution >= 0.6 is 0 Å². The molecular weight excluding hydrogens is 306 g/mol. The summed E-state index contributed by atoms with van der Waals surface area (Å²) in [5, 5.41) is 5.56. The molecule has 1 aromatic carbocycles. The molecule has 1 atom stereocenters. The average molecular weight is 329 g/mol. The minimum atomic E-state index is -0.314. The monoisotopic (exact) mass is 329 g/mol. The highest BCUT2D eigenvalue weighted by Gasteiger charge is 2.19. The molecule has 0 bridgehead atoms. The van der Waals surface area contributed by atoms with Crippen molar-refractivity contribution in [1.29, 1.82) is 0 Å². The van der Waals surface area contributed by atoms with Crippen molar-refractivity contribution >= 4 is 23.2 Å². The summed E-state index contributed by atoms with van der Waals surface area (Å²) in [7, 11) is 1.88. The zero-order valence-corrected chi connectivity index (χ0v) is 14.4. The number of benzene rings is 1. The lowest BCUT2D eigenvalue weighted by atomic mass is 10.2. The SMILES string of the molecule is CC(=O)Nc1ccc(NC(=O)[C@@H](C)N(C)Cc2ccc(C)o2)cc1. The summed E-state index contributed by atoms with van der Waals surface area (Å²) in [6.45, 7) is 5.75. The van der Waals surface area contributed by atoms with Gasteiger partial charge in [0.15, 0.2) is 0 Å². The van der Waals surface area contributed by atoms with Crippen LogP contribution in [0.1, 0.15) is 25.4 Å². The van der Waals surface area contributed by atoms with Crippen molar-refractivity contribution < 1.29 is 14.0 Å². The Labute approximate surface area is 141 Å². The Morgan fingerprint density at radius 2 is 1.67 bits per heavy atom. The van der Waals surface area contributed by atoms with Crippen LogP contribution in [0.25, 0.3) is 0 Å². The standard InChI is InChI=1S/C18H23N3O3/c1-12-5-10-17(24-12)11-21(4)13(2)18(23)20-16-8-6-15(7-9-16)19-14(3)22/h5-10,13H,11H2,1-4H3,(H,19,22)(H,20,23)/t13-/m1/s1. The third-order valence-corrected chi connectivity index (χ3v) is 3.71. The van der Waals surface area contributed by atoms with Gasteiger partial charge in [-0.05, 0) is 57.3 Å². The van der Waals surface area contributed by atoms with E-state index in [0.717, 1.165) is 11.5 Å². The predicted octanol–water partition coefficient (Wildman–Crippen LogP) is 3.01. The van der Waals surface area contributed by atoms with Crippen LogP contribution < -0.4 is 10.6 Å². The summed E-state index contributed by atoms with van der Waals surface area (Å²) in [6.07, 6.45) is 0. The fourth-order valence-corrected chi connectivity index (χ4v) is 2.24. The van der Waals surface area contributed by atoms with Crippen LogP contribution in [0, 0.1) is 6.92 Å². The first-order valence-corrected chi connectivity index (χ1v) is 7.79. The van der Waals surface area contributed by atoms with Crippen molar-refractivity contribution in [3.63, 3.8) is 0 Å². The Hall–Kier alpha value is -2.60. The normalized spacial score (nSPS) is 12.0. The lowest BCUT2D eigenvalue weighted by molar-refractivity contribution is -0.120. The van der Waals surface area contributed by atoms with Gasteiger partial charge < -0.3 is 15.1 Å². The molecule has 0 aliphatic heterocycles. The molecule has 2 N–H and O–H groups in total. The number of aryl methyl sites for hydroxylation is 1. The molecule has 2 aromatic rings. The highest BCUT2D eigenvalue weighted by Crippen LogP contribution is 2.15. The molecule has 0 saturated carbocycles. The van der Waals surface area contributed by atoms with E-state index in [9.17, 15) is 9.59 Å². The van der Waals surface area contributed by atoms with Gasteiger partial charge in [0.25, 0.3) is 0 Å². The molecule has 6 heteroatoms. The van der Waals surface area contributed by atoms with Crippen LogP contribution in [0.4, 0.5) is 11.4 Å². The Kier molecular flexibility index (Phi) is 5.76. The summed E-state index contributed by atoms with van der Waals surface area (Å²) in [6, 6.07) is 10.5. The number of hydrogen-bond donors (Lipinski definition) is 2. The molecule has 0 aliphatic rings. The van der Waals surface area contributed by atoms with E-state index in [0.29, 0.717) is 17.9 Å². The van der Waals surface area contributed by atoms with E-state index in [1.807, 2.05) is 37.9 Å². The summed E-state index contributed by atoms with van der Waals surface area (Å²) < 4.78 is 5.54. The topological polar surface area (TPSA) is 74.6 Å². The number of furan rings is 1. The third kappa shape index (κ3) is 4.96. The van der Waals surface area contributed by atoms with Crippen LogP contribution in [-0.4, -0.2) is 29.8 Å². The maximum Gasteiger partial charge on any atom is 0.241 e. The van der Waals surface area contributed by atoms with Gasteiger partial charge in [-0.15, -0.1) is 0 Å². The number of likely N-dealkylation sites (N-methyl/N-ethyl adjacent to an activating group) is 1. The van der Waals surface area contributed by atoms with Crippen molar-refractivity contribution in [1.82, 2.24) is 4.90 Å². The van der Waals surface area contributed by atoms with Gasteiger partial charge >= 0.3 is 0 Å². The van der Waals surface area contributed by atoms with Gasteiger partial charge in [0.2, 0.25) is 11.8 Å². The Morgan fingerprint density at radius 1 is 1.08 bits per heavy atom. The van der Waals surface area contributed by atoms with E-state index in [1.54, 1.807) is 24.3 Å². The molecule has 0 aliphatic carbocycles. The second-order valence-corrected chi connectivity index (χ2v) is 5.85. The lowest BCUT2D eigenvalue weighted by Gasteiger charge is -2.23. The van der Waals surface area contributed by atoms with Crippen molar-refractivity contribution in [3.05, 3.63) is 47.9 Å². The second-order valence-electron chi connectivity index (χ2n) is 5.85. The number of amides is 2. The summed E-state index contributed by atoms with van der Waals surface area (Å²) in [5.41, 5.74) is 1.38. The maximum absolute atomic E-state index is 12.4. The average Bonchev–Trinajstić information content (AvgIpc) is 2.93. The Morgan fingerprint density at radius 3 is 2.17 bits per heavy atom. The third-order valence-electron chi connectivity index (χ3n) is 3.71. The number of nitrogens with one attached hydrogen (secondary N) is 2. The number of anilines is 2. The first-order chi connectivity index (χ1) is 11.3. The van der Waals surface area contributed by atoms with E-state index >= 15 is 0 Å². The van der Waals surface area contributed by atoms with Crippen LogP contribution in [0.3, 0.4) is 0 Å². The van der Waals surface area contributed by atoms with Crippen molar-refractivity contribution in [2.75, 3.05) is 17.7 Å². The van der Waals surface area contributed by atoms with Gasteiger partial charge in [0.05, 0.1) is 12.6 Å². The minimum absolute atomic E-state index is 0.104. The molecule has 0 fully saturated rings. The van der Waals surface area contributed by atoms with Gasteiger partial charge in [-0.1, -0.05) is 0 Å². The van der Waals surface area contributed by atoms with Gasteiger partial charge in [0.1, 0.15) is 11.5 Å². The van der Waals surface area contributed by atoms with Crippen LogP contribution in [0.15, 0.2) is 40.8 Å². The number of carbonyl (C=O) groups is 2. The summed E-state index contributed by atoms with van der Waals surface area (Å²) in [5.74, 6) is 1.45. The number of carbonyl (C=O) groups excluding carboxylic acids is 2. The predicted molar refractivity (Wildman–Crippen MR) is 93.7 cm³/mol. The van der Waals surface area contributed by atoms with Crippen molar-refractivity contribution in [2.24, 2.45) is 0 Å². The van der Waals surface area contributed by atoms with Crippen molar-refractivity contribution in [2.45, 2.75) is 33.4 Å². The van der Waals surface area contributed by atoms with Gasteiger partial charge in [-0.2, -0.15) is 0 Å². The second kappa shape index (κ2) is 7.79. The Bertz CT molecular complexity index is 707. The zero-order valence-electron chi connectivity index (χ0n) is 14.4. The smallest absolute Gasteiger partial charge is 0.241 e. The molecule has 2 amide bonds. The van der Waals surface area contributed by atoms with Crippen LogP contribution in [0.2, 0.25) is 0 Å². The number of rotatable bonds is 6. The molecule has 1 aromatic heterocycles. The van der Waals surface area contributed by atoms with Crippen molar-refractivity contribution in [3.8, 4) is 0 Å².